The predicted octanol–water partition coefficient (Wildman–Crippen LogP) is 3.38. The molecular weight excluding hydrogens is 354 g/mol. The van der Waals surface area contributed by atoms with Crippen LogP contribution in [0.1, 0.15) is 18.9 Å². The lowest BCUT2D eigenvalue weighted by Crippen LogP contribution is -2.36. The number of anilines is 2. The molecule has 2 amide bonds. The number of nitrogens with one attached hydrogen (secondary N) is 2. The minimum Gasteiger partial charge on any atom is -0.495 e. The fourth-order valence-electron chi connectivity index (χ4n) is 3.25. The lowest BCUT2D eigenvalue weighted by molar-refractivity contribution is -0.117. The van der Waals surface area contributed by atoms with E-state index in [9.17, 15) is 9.59 Å². The molecule has 1 heterocycles. The summed E-state index contributed by atoms with van der Waals surface area (Å²) in [6.07, 6.45) is 3.10. The second kappa shape index (κ2) is 9.19. The van der Waals surface area contributed by atoms with E-state index in [2.05, 4.69) is 33.7 Å². The average Bonchev–Trinajstić information content (AvgIpc) is 2.69. The molecule has 2 N–H and O–H groups in total. The van der Waals surface area contributed by atoms with E-state index in [-0.39, 0.29) is 11.8 Å². The van der Waals surface area contributed by atoms with Crippen LogP contribution in [0.15, 0.2) is 54.6 Å². The van der Waals surface area contributed by atoms with Gasteiger partial charge in [0.15, 0.2) is 0 Å². The Kier molecular flexibility index (Phi) is 6.45. The molecule has 2 aromatic carbocycles. The van der Waals surface area contributed by atoms with Gasteiger partial charge in [-0.05, 0) is 35.8 Å². The smallest absolute Gasteiger partial charge is 0.238 e. The first kappa shape index (κ1) is 19.6. The molecule has 0 spiro atoms. The van der Waals surface area contributed by atoms with Crippen molar-refractivity contribution >= 4 is 28.8 Å². The number of hydrogen-bond donors (Lipinski definition) is 2. The number of nitrogens with zero attached hydrogens (tertiary/aromatic N) is 1. The summed E-state index contributed by atoms with van der Waals surface area (Å²) in [4.78, 5) is 25.9. The van der Waals surface area contributed by atoms with Gasteiger partial charge in [-0.3, -0.25) is 14.5 Å². The second-order valence-corrected chi connectivity index (χ2v) is 6.72. The van der Waals surface area contributed by atoms with Crippen molar-refractivity contribution in [2.24, 2.45) is 0 Å². The molecule has 2 aromatic rings. The highest BCUT2D eigenvalue weighted by molar-refractivity contribution is 5.96. The molecule has 0 fully saturated rings. The minimum absolute atomic E-state index is 0.116. The molecule has 1 aliphatic rings. The monoisotopic (exact) mass is 379 g/mol. The molecule has 146 valence electrons. The van der Waals surface area contributed by atoms with Gasteiger partial charge >= 0.3 is 0 Å². The van der Waals surface area contributed by atoms with Gasteiger partial charge in [-0.15, -0.1) is 0 Å². The van der Waals surface area contributed by atoms with Crippen LogP contribution < -0.4 is 15.4 Å². The van der Waals surface area contributed by atoms with Crippen molar-refractivity contribution in [1.29, 1.82) is 0 Å². The Morgan fingerprint density at radius 3 is 2.54 bits per heavy atom. The Bertz CT molecular complexity index is 878. The maximum atomic E-state index is 12.5. The molecule has 0 saturated carbocycles. The molecule has 0 unspecified atom stereocenters. The van der Waals surface area contributed by atoms with E-state index in [1.807, 2.05) is 18.2 Å². The predicted molar refractivity (Wildman–Crippen MR) is 111 cm³/mol. The molecule has 28 heavy (non-hydrogen) atoms. The summed E-state index contributed by atoms with van der Waals surface area (Å²) in [5.41, 5.74) is 3.71. The van der Waals surface area contributed by atoms with Crippen molar-refractivity contribution in [3.05, 3.63) is 60.2 Å². The van der Waals surface area contributed by atoms with Crippen LogP contribution in [0, 0.1) is 0 Å². The molecule has 0 radical (unpaired) electrons. The molecule has 0 saturated heterocycles. The normalized spacial score (nSPS) is 14.1. The van der Waals surface area contributed by atoms with Gasteiger partial charge in [0.05, 0.1) is 19.3 Å². The van der Waals surface area contributed by atoms with Crippen LogP contribution in [0.25, 0.3) is 5.57 Å². The Hall–Kier alpha value is -3.12. The number of ether oxygens (including phenoxy) is 1. The highest BCUT2D eigenvalue weighted by Crippen LogP contribution is 2.28. The van der Waals surface area contributed by atoms with E-state index in [0.717, 1.165) is 19.5 Å². The minimum atomic E-state index is -0.170. The molecule has 0 aliphatic carbocycles. The number of carbonyl (C=O) groups is 2. The highest BCUT2D eigenvalue weighted by atomic mass is 16.5. The maximum absolute atomic E-state index is 12.5. The SMILES string of the molecule is COc1ccc(NC(C)=O)cc1NC(=O)CN1CC=C(c2ccccc2)CC1. The largest absolute Gasteiger partial charge is 0.495 e. The first-order valence-corrected chi connectivity index (χ1v) is 9.27. The summed E-state index contributed by atoms with van der Waals surface area (Å²) < 4.78 is 5.31. The molecule has 1 aliphatic heterocycles. The average molecular weight is 379 g/mol. The van der Waals surface area contributed by atoms with Gasteiger partial charge in [0.25, 0.3) is 0 Å². The lowest BCUT2D eigenvalue weighted by Gasteiger charge is -2.26. The van der Waals surface area contributed by atoms with Crippen molar-refractivity contribution in [3.63, 3.8) is 0 Å². The second-order valence-electron chi connectivity index (χ2n) is 6.72. The van der Waals surface area contributed by atoms with Crippen LogP contribution in [0.2, 0.25) is 0 Å². The zero-order valence-corrected chi connectivity index (χ0v) is 16.2. The number of benzene rings is 2. The third-order valence-electron chi connectivity index (χ3n) is 4.60. The quantitative estimate of drug-likeness (QED) is 0.807. The van der Waals surface area contributed by atoms with Crippen molar-refractivity contribution in [2.45, 2.75) is 13.3 Å². The van der Waals surface area contributed by atoms with Gasteiger partial charge in [-0.2, -0.15) is 0 Å². The van der Waals surface area contributed by atoms with Crippen LogP contribution >= 0.6 is 0 Å². The summed E-state index contributed by atoms with van der Waals surface area (Å²) in [7, 11) is 1.55. The summed E-state index contributed by atoms with van der Waals surface area (Å²) in [6.45, 7) is 3.31. The fourth-order valence-corrected chi connectivity index (χ4v) is 3.25. The van der Waals surface area contributed by atoms with Gasteiger partial charge in [0.1, 0.15) is 5.75 Å². The zero-order chi connectivity index (χ0) is 19.9. The van der Waals surface area contributed by atoms with E-state index in [1.54, 1.807) is 25.3 Å². The van der Waals surface area contributed by atoms with E-state index < -0.39 is 0 Å². The summed E-state index contributed by atoms with van der Waals surface area (Å²) >= 11 is 0. The van der Waals surface area contributed by atoms with E-state index >= 15 is 0 Å². The summed E-state index contributed by atoms with van der Waals surface area (Å²) in [5, 5.41) is 5.60. The molecule has 0 bridgehead atoms. The van der Waals surface area contributed by atoms with Crippen LogP contribution in [0.3, 0.4) is 0 Å². The zero-order valence-electron chi connectivity index (χ0n) is 16.2. The van der Waals surface area contributed by atoms with Gasteiger partial charge in [-0.25, -0.2) is 0 Å². The van der Waals surface area contributed by atoms with Crippen LogP contribution in [0.5, 0.6) is 5.75 Å². The van der Waals surface area contributed by atoms with Crippen molar-refractivity contribution in [3.8, 4) is 5.75 Å². The Morgan fingerprint density at radius 1 is 1.11 bits per heavy atom. The number of carbonyl (C=O) groups excluding carboxylic acids is 2. The van der Waals surface area contributed by atoms with Gasteiger partial charge in [0.2, 0.25) is 11.8 Å². The van der Waals surface area contributed by atoms with E-state index in [1.165, 1.54) is 18.1 Å². The van der Waals surface area contributed by atoms with E-state index in [4.69, 9.17) is 4.74 Å². The Balaban J connectivity index is 1.60. The third kappa shape index (κ3) is 5.20. The van der Waals surface area contributed by atoms with Crippen LogP contribution in [-0.2, 0) is 9.59 Å². The first-order valence-electron chi connectivity index (χ1n) is 9.27. The molecule has 6 heteroatoms. The number of hydrogen-bond acceptors (Lipinski definition) is 4. The van der Waals surface area contributed by atoms with Crippen molar-refractivity contribution < 1.29 is 14.3 Å². The summed E-state index contributed by atoms with van der Waals surface area (Å²) in [6, 6.07) is 15.5. The van der Waals surface area contributed by atoms with Crippen LogP contribution in [0.4, 0.5) is 11.4 Å². The molecule has 3 rings (SSSR count). The maximum Gasteiger partial charge on any atom is 0.238 e. The standard InChI is InChI=1S/C22H25N3O3/c1-16(26)23-19-8-9-21(28-2)20(14-19)24-22(27)15-25-12-10-18(11-13-25)17-6-4-3-5-7-17/h3-10,14H,11-13,15H2,1-2H3,(H,23,26)(H,24,27). The van der Waals surface area contributed by atoms with Crippen molar-refractivity contribution in [2.75, 3.05) is 37.4 Å². The van der Waals surface area contributed by atoms with Crippen molar-refractivity contribution in [1.82, 2.24) is 4.90 Å². The van der Waals surface area contributed by atoms with Gasteiger partial charge in [-0.1, -0.05) is 36.4 Å². The van der Waals surface area contributed by atoms with Gasteiger partial charge < -0.3 is 15.4 Å². The number of amides is 2. The molecular formula is C22H25N3O3. The van der Waals surface area contributed by atoms with Crippen LogP contribution in [-0.4, -0.2) is 43.5 Å². The molecule has 6 nitrogen and oxygen atoms in total. The first-order chi connectivity index (χ1) is 13.5. The fraction of sp³-hybridized carbons (Fsp3) is 0.273. The number of methoxy groups -OCH3 is 1. The third-order valence-corrected chi connectivity index (χ3v) is 4.60. The number of rotatable bonds is 6. The molecule has 0 atom stereocenters. The van der Waals surface area contributed by atoms with E-state index in [0.29, 0.717) is 23.7 Å². The summed E-state index contributed by atoms with van der Waals surface area (Å²) in [5.74, 6) is 0.263. The molecule has 0 aromatic heterocycles. The topological polar surface area (TPSA) is 70.7 Å². The lowest BCUT2D eigenvalue weighted by atomic mass is 10.00. The Morgan fingerprint density at radius 2 is 1.89 bits per heavy atom. The highest BCUT2D eigenvalue weighted by Gasteiger charge is 2.17. The Labute approximate surface area is 165 Å². The van der Waals surface area contributed by atoms with Gasteiger partial charge in [0, 0.05) is 25.7 Å².